The molecule has 25 heavy (non-hydrogen) atoms. The van der Waals surface area contributed by atoms with Crippen LogP contribution < -0.4 is 5.56 Å². The number of aryl methyl sites for hydroxylation is 1. The van der Waals surface area contributed by atoms with Gasteiger partial charge in [-0.05, 0) is 39.1 Å². The van der Waals surface area contributed by atoms with Crippen LogP contribution in [0, 0.1) is 11.7 Å². The van der Waals surface area contributed by atoms with Crippen LogP contribution in [0.4, 0.5) is 8.78 Å². The third-order valence-corrected chi connectivity index (χ3v) is 4.32. The van der Waals surface area contributed by atoms with E-state index in [0.29, 0.717) is 11.3 Å². The molecular formula is C18H17F2N3OS. The fourth-order valence-corrected chi connectivity index (χ4v) is 3.19. The van der Waals surface area contributed by atoms with Gasteiger partial charge in [0.15, 0.2) is 4.77 Å². The van der Waals surface area contributed by atoms with Crippen LogP contribution in [0.25, 0.3) is 22.3 Å². The van der Waals surface area contributed by atoms with Crippen molar-refractivity contribution in [2.75, 3.05) is 0 Å². The summed E-state index contributed by atoms with van der Waals surface area (Å²) < 4.78 is 29.1. The van der Waals surface area contributed by atoms with Crippen LogP contribution in [0.1, 0.15) is 37.4 Å². The number of H-pyrrole nitrogens is 1. The first-order valence-electron chi connectivity index (χ1n) is 7.84. The first kappa shape index (κ1) is 17.4. The van der Waals surface area contributed by atoms with E-state index >= 15 is 0 Å². The van der Waals surface area contributed by atoms with Gasteiger partial charge < -0.3 is 0 Å². The number of hydrogen-bond acceptors (Lipinski definition) is 3. The van der Waals surface area contributed by atoms with Gasteiger partial charge in [0, 0.05) is 17.2 Å². The molecule has 130 valence electrons. The largest absolute Gasteiger partial charge is 0.300 e. The van der Waals surface area contributed by atoms with Crippen molar-refractivity contribution in [1.29, 1.82) is 0 Å². The van der Waals surface area contributed by atoms with Crippen LogP contribution in [0.2, 0.25) is 0 Å². The minimum absolute atomic E-state index is 0.117. The first-order chi connectivity index (χ1) is 11.8. The topological polar surface area (TPSA) is 50.7 Å². The Morgan fingerprint density at radius 2 is 1.84 bits per heavy atom. The molecule has 1 N–H and O–H groups in total. The van der Waals surface area contributed by atoms with Crippen molar-refractivity contribution in [1.82, 2.24) is 14.5 Å². The zero-order valence-corrected chi connectivity index (χ0v) is 14.8. The van der Waals surface area contributed by atoms with E-state index in [1.165, 1.54) is 6.07 Å². The average molecular weight is 361 g/mol. The molecule has 4 nitrogen and oxygen atoms in total. The van der Waals surface area contributed by atoms with Crippen LogP contribution >= 0.6 is 12.2 Å². The summed E-state index contributed by atoms with van der Waals surface area (Å²) in [4.78, 5) is 19.3. The Balaban J connectivity index is 2.46. The molecule has 0 radical (unpaired) electrons. The van der Waals surface area contributed by atoms with E-state index in [1.54, 1.807) is 4.57 Å². The number of hydrogen-bond donors (Lipinski definition) is 1. The molecule has 0 amide bonds. The van der Waals surface area contributed by atoms with E-state index in [0.717, 1.165) is 5.56 Å². The summed E-state index contributed by atoms with van der Waals surface area (Å²) in [5, 5.41) is -0.117. The number of alkyl halides is 2. The molecular weight excluding hydrogens is 344 g/mol. The van der Waals surface area contributed by atoms with Gasteiger partial charge in [-0.25, -0.2) is 13.8 Å². The van der Waals surface area contributed by atoms with Gasteiger partial charge >= 0.3 is 0 Å². The lowest BCUT2D eigenvalue weighted by Gasteiger charge is -2.16. The highest BCUT2D eigenvalue weighted by molar-refractivity contribution is 7.71. The number of aromatic amines is 1. The van der Waals surface area contributed by atoms with E-state index in [2.05, 4.69) is 9.97 Å². The van der Waals surface area contributed by atoms with Crippen LogP contribution in [-0.2, 0) is 0 Å². The quantitative estimate of drug-likeness (QED) is 0.672. The number of fused-ring (bicyclic) bond motifs is 1. The Kier molecular flexibility index (Phi) is 4.51. The summed E-state index contributed by atoms with van der Waals surface area (Å²) in [5.41, 5.74) is 1.34. The molecule has 0 aliphatic carbocycles. The van der Waals surface area contributed by atoms with Crippen LogP contribution in [0.15, 0.2) is 35.1 Å². The zero-order valence-electron chi connectivity index (χ0n) is 14.0. The summed E-state index contributed by atoms with van der Waals surface area (Å²) >= 11 is 5.21. The molecule has 2 aromatic heterocycles. The second kappa shape index (κ2) is 6.48. The Morgan fingerprint density at radius 1 is 1.20 bits per heavy atom. The number of rotatable bonds is 3. The van der Waals surface area contributed by atoms with Gasteiger partial charge in [0.05, 0.1) is 11.1 Å². The highest BCUT2D eigenvalue weighted by Crippen LogP contribution is 2.30. The predicted octanol–water partition coefficient (Wildman–Crippen LogP) is 4.95. The second-order valence-corrected chi connectivity index (χ2v) is 6.57. The third kappa shape index (κ3) is 3.11. The minimum Gasteiger partial charge on any atom is -0.300 e. The molecule has 0 saturated carbocycles. The van der Waals surface area contributed by atoms with Gasteiger partial charge in [0.2, 0.25) is 0 Å². The maximum absolute atomic E-state index is 13.7. The van der Waals surface area contributed by atoms with Crippen LogP contribution in [-0.4, -0.2) is 14.5 Å². The van der Waals surface area contributed by atoms with Crippen molar-refractivity contribution in [3.63, 3.8) is 0 Å². The van der Waals surface area contributed by atoms with Gasteiger partial charge in [-0.2, -0.15) is 0 Å². The van der Waals surface area contributed by atoms with E-state index in [9.17, 15) is 13.6 Å². The monoisotopic (exact) mass is 361 g/mol. The Labute approximate surface area is 148 Å². The lowest BCUT2D eigenvalue weighted by molar-refractivity contribution is 0.153. The first-order valence-corrected chi connectivity index (χ1v) is 8.25. The Bertz CT molecular complexity index is 1050. The Hall–Kier alpha value is -2.41. The van der Waals surface area contributed by atoms with Crippen molar-refractivity contribution in [3.8, 4) is 11.3 Å². The molecule has 0 bridgehead atoms. The van der Waals surface area contributed by atoms with Gasteiger partial charge in [0.1, 0.15) is 5.65 Å². The maximum atomic E-state index is 13.7. The van der Waals surface area contributed by atoms with Crippen molar-refractivity contribution >= 4 is 23.3 Å². The number of nitrogens with zero attached hydrogens (tertiary/aromatic N) is 2. The zero-order chi connectivity index (χ0) is 18.3. The summed E-state index contributed by atoms with van der Waals surface area (Å²) in [5.74, 6) is 0. The standard InChI is InChI=1S/C18H17F2N3OS/c1-9(2)23-16-14(17(24)22-18(23)25)12(15(19)20)8-13(21-16)11-6-4-10(3)5-7-11/h4-9,15H,1-3H3,(H,22,24,25). The summed E-state index contributed by atoms with van der Waals surface area (Å²) in [6.45, 7) is 5.66. The molecule has 0 unspecified atom stereocenters. The molecule has 1 aromatic carbocycles. The second-order valence-electron chi connectivity index (χ2n) is 6.19. The lowest BCUT2D eigenvalue weighted by atomic mass is 10.1. The molecule has 0 atom stereocenters. The van der Waals surface area contributed by atoms with Crippen molar-refractivity contribution in [3.05, 3.63) is 56.6 Å². The normalized spacial score (nSPS) is 11.6. The molecule has 7 heteroatoms. The van der Waals surface area contributed by atoms with Crippen LogP contribution in [0.5, 0.6) is 0 Å². The van der Waals surface area contributed by atoms with E-state index in [4.69, 9.17) is 12.2 Å². The van der Waals surface area contributed by atoms with Crippen molar-refractivity contribution in [2.45, 2.75) is 33.2 Å². The number of aromatic nitrogens is 3. The van der Waals surface area contributed by atoms with E-state index in [1.807, 2.05) is 45.0 Å². The predicted molar refractivity (Wildman–Crippen MR) is 96.7 cm³/mol. The van der Waals surface area contributed by atoms with Crippen molar-refractivity contribution in [2.24, 2.45) is 0 Å². The third-order valence-electron chi connectivity index (χ3n) is 4.02. The summed E-state index contributed by atoms with van der Waals surface area (Å²) in [6.07, 6.45) is -2.80. The van der Waals surface area contributed by atoms with E-state index < -0.39 is 12.0 Å². The molecule has 0 aliphatic heterocycles. The van der Waals surface area contributed by atoms with Crippen LogP contribution in [0.3, 0.4) is 0 Å². The highest BCUT2D eigenvalue weighted by Gasteiger charge is 2.21. The maximum Gasteiger partial charge on any atom is 0.264 e. The molecule has 0 spiro atoms. The minimum atomic E-state index is -2.80. The van der Waals surface area contributed by atoms with Gasteiger partial charge in [-0.3, -0.25) is 14.3 Å². The SMILES string of the molecule is Cc1ccc(-c2cc(C(F)F)c3c(=O)[nH]c(=S)n(C(C)C)c3n2)cc1. The van der Waals surface area contributed by atoms with Gasteiger partial charge in [-0.1, -0.05) is 29.8 Å². The number of benzene rings is 1. The fourth-order valence-electron chi connectivity index (χ4n) is 2.80. The average Bonchev–Trinajstić information content (AvgIpc) is 2.53. The van der Waals surface area contributed by atoms with Gasteiger partial charge in [0.25, 0.3) is 12.0 Å². The van der Waals surface area contributed by atoms with E-state index in [-0.39, 0.29) is 27.4 Å². The molecule has 0 fully saturated rings. The van der Waals surface area contributed by atoms with Crippen molar-refractivity contribution < 1.29 is 8.78 Å². The molecule has 0 saturated heterocycles. The lowest BCUT2D eigenvalue weighted by Crippen LogP contribution is -2.19. The number of pyridine rings is 1. The van der Waals surface area contributed by atoms with Gasteiger partial charge in [-0.15, -0.1) is 0 Å². The highest BCUT2D eigenvalue weighted by atomic mass is 32.1. The molecule has 2 heterocycles. The summed E-state index contributed by atoms with van der Waals surface area (Å²) in [7, 11) is 0. The molecule has 3 aromatic rings. The Morgan fingerprint density at radius 3 is 2.40 bits per heavy atom. The summed E-state index contributed by atoms with van der Waals surface area (Å²) in [6, 6.07) is 8.55. The fraction of sp³-hybridized carbons (Fsp3) is 0.278. The number of nitrogens with one attached hydrogen (secondary N) is 1. The molecule has 0 aliphatic rings. The number of halogens is 2. The smallest absolute Gasteiger partial charge is 0.264 e. The molecule has 3 rings (SSSR count).